The van der Waals surface area contributed by atoms with E-state index in [1.165, 1.54) is 6.21 Å². The van der Waals surface area contributed by atoms with Gasteiger partial charge < -0.3 is 15.9 Å². The maximum absolute atomic E-state index is 9.99. The quantitative estimate of drug-likeness (QED) is 0.515. The monoisotopic (exact) mass is 213 g/mol. The Morgan fingerprint density at radius 1 is 1.27 bits per heavy atom. The zero-order valence-corrected chi connectivity index (χ0v) is 7.32. The van der Waals surface area contributed by atoms with Gasteiger partial charge in [-0.2, -0.15) is 9.98 Å². The smallest absolute Gasteiger partial charge is 0.369 e. The minimum atomic E-state index is -1.26. The summed E-state index contributed by atoms with van der Waals surface area (Å²) in [6.07, 6.45) is 2.34. The number of carboxylic acids is 2. The Kier molecular flexibility index (Phi) is 5.01. The topological polar surface area (TPSA) is 142 Å². The molecule has 8 nitrogen and oxygen atoms in total. The third kappa shape index (κ3) is 7.84. The van der Waals surface area contributed by atoms with Crippen molar-refractivity contribution in [3.63, 3.8) is 0 Å². The van der Waals surface area contributed by atoms with Crippen LogP contribution in [0.5, 0.6) is 0 Å². The van der Waals surface area contributed by atoms with Crippen LogP contribution in [0.4, 0.5) is 4.79 Å². The van der Waals surface area contributed by atoms with Crippen LogP contribution in [0.15, 0.2) is 22.1 Å². The van der Waals surface area contributed by atoms with Gasteiger partial charge >= 0.3 is 18.0 Å². The Bertz CT molecular complexity index is 353. The average Bonchev–Trinajstić information content (AvgIpc) is 2.47. The van der Waals surface area contributed by atoms with Gasteiger partial charge in [-0.15, -0.1) is 0 Å². The van der Waals surface area contributed by atoms with Gasteiger partial charge in [-0.1, -0.05) is 0 Å². The highest BCUT2D eigenvalue weighted by Crippen LogP contribution is 1.85. The van der Waals surface area contributed by atoms with E-state index >= 15 is 0 Å². The van der Waals surface area contributed by atoms with E-state index in [-0.39, 0.29) is 5.84 Å². The standard InChI is InChI=1S/C4H4O4.C3H3N3O/c5-3(6)1-2-4(7)8;4-2-1-5-3(7)6-2/h1-2H,(H,5,6)(H,7,8);1H,(H2,4,6,7)/b2-1+;. The van der Waals surface area contributed by atoms with Crippen LogP contribution < -0.4 is 5.73 Å². The molecule has 1 aliphatic heterocycles. The van der Waals surface area contributed by atoms with Crippen molar-refractivity contribution in [3.05, 3.63) is 12.2 Å². The largest absolute Gasteiger partial charge is 0.478 e. The number of carbonyl (C=O) groups excluding carboxylic acids is 1. The van der Waals surface area contributed by atoms with E-state index in [1.54, 1.807) is 0 Å². The minimum Gasteiger partial charge on any atom is -0.478 e. The van der Waals surface area contributed by atoms with E-state index in [4.69, 9.17) is 15.9 Å². The fraction of sp³-hybridized carbons (Fsp3) is 0. The van der Waals surface area contributed by atoms with E-state index in [0.717, 1.165) is 0 Å². The van der Waals surface area contributed by atoms with Gasteiger partial charge in [0.25, 0.3) is 0 Å². The molecule has 0 spiro atoms. The molecule has 0 saturated carbocycles. The number of aliphatic imine (C=N–C) groups is 2. The number of urea groups is 1. The number of aliphatic carboxylic acids is 2. The second kappa shape index (κ2) is 6.02. The number of hydrogen-bond acceptors (Lipinski definition) is 4. The third-order valence-corrected chi connectivity index (χ3v) is 0.900. The van der Waals surface area contributed by atoms with Crippen LogP contribution in [0.2, 0.25) is 0 Å². The summed E-state index contributed by atoms with van der Waals surface area (Å²) < 4.78 is 0. The number of hydrogen-bond donors (Lipinski definition) is 3. The van der Waals surface area contributed by atoms with Crippen LogP contribution in [-0.2, 0) is 9.59 Å². The van der Waals surface area contributed by atoms with E-state index in [9.17, 15) is 14.4 Å². The molecule has 80 valence electrons. The number of carboxylic acid groups (broad SMARTS) is 2. The lowest BCUT2D eigenvalue weighted by atomic mass is 10.5. The lowest BCUT2D eigenvalue weighted by molar-refractivity contribution is -0.134. The van der Waals surface area contributed by atoms with Gasteiger partial charge in [0.15, 0.2) is 0 Å². The molecule has 2 amide bonds. The Labute approximate surface area is 83.4 Å². The zero-order valence-electron chi connectivity index (χ0n) is 7.32. The molecule has 0 aromatic rings. The normalized spacial score (nSPS) is 13.3. The Hall–Kier alpha value is -2.51. The Balaban J connectivity index is 0.000000262. The number of carbonyl (C=O) groups is 3. The van der Waals surface area contributed by atoms with Crippen LogP contribution in [0.1, 0.15) is 0 Å². The van der Waals surface area contributed by atoms with Crippen LogP contribution in [0.25, 0.3) is 0 Å². The summed E-state index contributed by atoms with van der Waals surface area (Å²) in [4.78, 5) is 35.5. The third-order valence-electron chi connectivity index (χ3n) is 0.900. The molecule has 0 aromatic heterocycles. The van der Waals surface area contributed by atoms with Crippen molar-refractivity contribution in [1.82, 2.24) is 0 Å². The second-order valence-electron chi connectivity index (χ2n) is 2.09. The number of amidine groups is 1. The second-order valence-corrected chi connectivity index (χ2v) is 2.09. The molecule has 0 saturated heterocycles. The van der Waals surface area contributed by atoms with Gasteiger partial charge in [-0.3, -0.25) is 0 Å². The highest BCUT2D eigenvalue weighted by Gasteiger charge is 2.00. The predicted octanol–water partition coefficient (Wildman–Crippen LogP) is -0.740. The number of nitrogens with two attached hydrogens (primary N) is 1. The van der Waals surface area contributed by atoms with Gasteiger partial charge in [0.2, 0.25) is 0 Å². The summed E-state index contributed by atoms with van der Waals surface area (Å²) in [7, 11) is 0. The first-order valence-electron chi connectivity index (χ1n) is 3.48. The van der Waals surface area contributed by atoms with Crippen molar-refractivity contribution in [2.24, 2.45) is 15.7 Å². The fourth-order valence-electron chi connectivity index (χ4n) is 0.432. The first kappa shape index (κ1) is 12.5. The number of nitrogens with zero attached hydrogens (tertiary/aromatic N) is 2. The van der Waals surface area contributed by atoms with E-state index < -0.39 is 18.0 Å². The summed E-state index contributed by atoms with van der Waals surface area (Å²) in [6, 6.07) is -0.516. The Morgan fingerprint density at radius 3 is 1.87 bits per heavy atom. The summed E-state index contributed by atoms with van der Waals surface area (Å²) >= 11 is 0. The van der Waals surface area contributed by atoms with Crippen molar-refractivity contribution >= 4 is 30.0 Å². The summed E-state index contributed by atoms with van der Waals surface area (Å²) in [5.41, 5.74) is 5.00. The SMILES string of the molecule is NC1=NC(=O)N=C1.O=C(O)/C=C/C(=O)O. The highest BCUT2D eigenvalue weighted by molar-refractivity contribution is 6.35. The van der Waals surface area contributed by atoms with E-state index in [1.807, 2.05) is 0 Å². The number of amides is 2. The molecule has 1 aliphatic rings. The molecule has 1 heterocycles. The zero-order chi connectivity index (χ0) is 11.8. The number of rotatable bonds is 2. The molecule has 0 bridgehead atoms. The summed E-state index contributed by atoms with van der Waals surface area (Å²) in [5.74, 6) is -2.33. The van der Waals surface area contributed by atoms with Gasteiger partial charge in [0.05, 0.1) is 6.21 Å². The molecule has 0 aliphatic carbocycles. The molecule has 15 heavy (non-hydrogen) atoms. The first-order chi connectivity index (χ1) is 6.91. The van der Waals surface area contributed by atoms with Crippen LogP contribution in [0.3, 0.4) is 0 Å². The highest BCUT2D eigenvalue weighted by atomic mass is 16.4. The molecule has 0 aromatic carbocycles. The fourth-order valence-corrected chi connectivity index (χ4v) is 0.432. The molecule has 0 atom stereocenters. The van der Waals surface area contributed by atoms with Crippen LogP contribution in [-0.4, -0.2) is 40.2 Å². The molecular weight excluding hydrogens is 206 g/mol. The van der Waals surface area contributed by atoms with Gasteiger partial charge in [-0.05, 0) is 0 Å². The van der Waals surface area contributed by atoms with Gasteiger partial charge in [-0.25, -0.2) is 14.4 Å². The van der Waals surface area contributed by atoms with Crippen molar-refractivity contribution in [1.29, 1.82) is 0 Å². The van der Waals surface area contributed by atoms with Crippen molar-refractivity contribution < 1.29 is 24.6 Å². The van der Waals surface area contributed by atoms with Gasteiger partial charge in [0.1, 0.15) is 5.84 Å². The van der Waals surface area contributed by atoms with Crippen molar-refractivity contribution in [2.45, 2.75) is 0 Å². The molecule has 0 unspecified atom stereocenters. The van der Waals surface area contributed by atoms with Crippen LogP contribution >= 0.6 is 0 Å². The molecule has 4 N–H and O–H groups in total. The lowest BCUT2D eigenvalue weighted by Gasteiger charge is -1.74. The minimum absolute atomic E-state index is 0.185. The summed E-state index contributed by atoms with van der Waals surface area (Å²) in [5, 5.41) is 15.6. The maximum Gasteiger partial charge on any atom is 0.369 e. The molecule has 0 fully saturated rings. The summed E-state index contributed by atoms with van der Waals surface area (Å²) in [6.45, 7) is 0. The molecular formula is C7H7N3O5. The molecule has 8 heteroatoms. The van der Waals surface area contributed by atoms with Crippen molar-refractivity contribution in [2.75, 3.05) is 0 Å². The average molecular weight is 213 g/mol. The lowest BCUT2D eigenvalue weighted by Crippen LogP contribution is -2.08. The molecule has 1 rings (SSSR count). The van der Waals surface area contributed by atoms with Gasteiger partial charge in [0, 0.05) is 12.2 Å². The first-order valence-corrected chi connectivity index (χ1v) is 3.48. The van der Waals surface area contributed by atoms with Crippen LogP contribution in [0, 0.1) is 0 Å². The van der Waals surface area contributed by atoms with E-state index in [2.05, 4.69) is 9.98 Å². The Morgan fingerprint density at radius 2 is 1.73 bits per heavy atom. The maximum atomic E-state index is 9.99. The van der Waals surface area contributed by atoms with Crippen molar-refractivity contribution in [3.8, 4) is 0 Å². The molecule has 0 radical (unpaired) electrons. The predicted molar refractivity (Wildman–Crippen MR) is 49.9 cm³/mol. The van der Waals surface area contributed by atoms with E-state index in [0.29, 0.717) is 12.2 Å².